The second kappa shape index (κ2) is 8.69. The first-order chi connectivity index (χ1) is 15.0. The lowest BCUT2D eigenvalue weighted by atomic mass is 10.0. The van der Waals surface area contributed by atoms with E-state index in [2.05, 4.69) is 0 Å². The van der Waals surface area contributed by atoms with E-state index in [0.717, 1.165) is 6.42 Å². The lowest BCUT2D eigenvalue weighted by molar-refractivity contribution is 0.174. The summed E-state index contributed by atoms with van der Waals surface area (Å²) in [5, 5.41) is 0. The van der Waals surface area contributed by atoms with Crippen LogP contribution >= 0.6 is 0 Å². The van der Waals surface area contributed by atoms with Crippen LogP contribution in [0.4, 0.5) is 8.78 Å². The molecule has 2 bridgehead atoms. The van der Waals surface area contributed by atoms with Gasteiger partial charge in [-0.15, -0.1) is 0 Å². The van der Waals surface area contributed by atoms with Gasteiger partial charge in [0, 0.05) is 36.1 Å². The standard InChI is InChI=1S/C23H26F2O6/c1-26-18-10-16(24)20-14(22(18)28-3)8-12-6-5-7-13(30-20)9-15-21(31-12)17(25)11-19(27-2)23(15)29-4/h10-13H,5-9H2,1-4H3/t12-,13-/m1/s1. The second-order valence-electron chi connectivity index (χ2n) is 7.62. The fraction of sp³-hybridized carbons (Fsp3) is 0.478. The van der Waals surface area contributed by atoms with Gasteiger partial charge in [-0.1, -0.05) is 0 Å². The Labute approximate surface area is 180 Å². The predicted molar refractivity (Wildman–Crippen MR) is 109 cm³/mol. The van der Waals surface area contributed by atoms with Crippen molar-refractivity contribution in [3.05, 3.63) is 34.9 Å². The molecule has 2 atom stereocenters. The largest absolute Gasteiger partial charge is 0.493 e. The van der Waals surface area contributed by atoms with Crippen molar-refractivity contribution in [2.75, 3.05) is 28.4 Å². The summed E-state index contributed by atoms with van der Waals surface area (Å²) < 4.78 is 64.2. The quantitative estimate of drug-likeness (QED) is 0.705. The van der Waals surface area contributed by atoms with Gasteiger partial charge in [-0.2, -0.15) is 0 Å². The Bertz CT molecular complexity index is 900. The van der Waals surface area contributed by atoms with E-state index in [4.69, 9.17) is 28.4 Å². The highest BCUT2D eigenvalue weighted by Crippen LogP contribution is 2.46. The molecule has 0 spiro atoms. The maximum absolute atomic E-state index is 15.1. The van der Waals surface area contributed by atoms with Gasteiger partial charge in [-0.25, -0.2) is 8.78 Å². The van der Waals surface area contributed by atoms with Crippen molar-refractivity contribution in [3.63, 3.8) is 0 Å². The van der Waals surface area contributed by atoms with Crippen LogP contribution in [0.25, 0.3) is 0 Å². The molecule has 2 aliphatic heterocycles. The monoisotopic (exact) mass is 436 g/mol. The van der Waals surface area contributed by atoms with Crippen LogP contribution in [-0.4, -0.2) is 40.6 Å². The van der Waals surface area contributed by atoms with E-state index in [1.54, 1.807) is 0 Å². The first-order valence-electron chi connectivity index (χ1n) is 10.2. The average molecular weight is 436 g/mol. The average Bonchev–Trinajstić information content (AvgIpc) is 2.91. The topological polar surface area (TPSA) is 55.4 Å². The molecule has 168 valence electrons. The number of fused-ring (bicyclic) bond motifs is 6. The summed E-state index contributed by atoms with van der Waals surface area (Å²) >= 11 is 0. The van der Waals surface area contributed by atoms with Crippen LogP contribution in [0.1, 0.15) is 30.4 Å². The molecule has 0 N–H and O–H groups in total. The van der Waals surface area contributed by atoms with E-state index < -0.39 is 23.8 Å². The number of hydrogen-bond donors (Lipinski definition) is 0. The van der Waals surface area contributed by atoms with Gasteiger partial charge in [0.05, 0.1) is 28.4 Å². The Morgan fingerprint density at radius 1 is 0.710 bits per heavy atom. The summed E-state index contributed by atoms with van der Waals surface area (Å²) in [7, 11) is 5.89. The summed E-state index contributed by atoms with van der Waals surface area (Å²) in [6.07, 6.45) is 1.76. The van der Waals surface area contributed by atoms with Crippen LogP contribution in [-0.2, 0) is 12.8 Å². The van der Waals surface area contributed by atoms with E-state index in [1.165, 1.54) is 40.6 Å². The molecule has 4 rings (SSSR count). The van der Waals surface area contributed by atoms with Crippen molar-refractivity contribution in [1.82, 2.24) is 0 Å². The van der Waals surface area contributed by atoms with Gasteiger partial charge in [0.25, 0.3) is 0 Å². The SMILES string of the molecule is COc1cc(F)c2c(c1OC)C[C@H]1CCC[C@H](Cc3c(c(F)cc(OC)c3OC)O1)O2. The van der Waals surface area contributed by atoms with Gasteiger partial charge < -0.3 is 28.4 Å². The maximum atomic E-state index is 15.1. The first kappa shape index (κ1) is 21.3. The van der Waals surface area contributed by atoms with E-state index in [9.17, 15) is 0 Å². The summed E-state index contributed by atoms with van der Waals surface area (Å²) in [6, 6.07) is 2.51. The summed E-state index contributed by atoms with van der Waals surface area (Å²) in [6.45, 7) is 0. The van der Waals surface area contributed by atoms with Crippen LogP contribution < -0.4 is 28.4 Å². The van der Waals surface area contributed by atoms with Crippen LogP contribution in [0.2, 0.25) is 0 Å². The van der Waals surface area contributed by atoms with E-state index in [-0.39, 0.29) is 35.8 Å². The van der Waals surface area contributed by atoms with Gasteiger partial charge in [-0.3, -0.25) is 0 Å². The molecule has 6 nitrogen and oxygen atoms in total. The van der Waals surface area contributed by atoms with Gasteiger partial charge >= 0.3 is 0 Å². The first-order valence-corrected chi connectivity index (χ1v) is 10.2. The Balaban J connectivity index is 1.89. The zero-order chi connectivity index (χ0) is 22.1. The van der Waals surface area contributed by atoms with Crippen molar-refractivity contribution in [1.29, 1.82) is 0 Å². The number of methoxy groups -OCH3 is 4. The van der Waals surface area contributed by atoms with Crippen molar-refractivity contribution in [3.8, 4) is 34.5 Å². The molecule has 2 aromatic carbocycles. The molecule has 0 unspecified atom stereocenters. The molecule has 0 saturated carbocycles. The van der Waals surface area contributed by atoms with Crippen LogP contribution in [0.15, 0.2) is 12.1 Å². The lowest BCUT2D eigenvalue weighted by Gasteiger charge is -2.27. The third-order valence-electron chi connectivity index (χ3n) is 5.83. The fourth-order valence-electron chi connectivity index (χ4n) is 4.43. The van der Waals surface area contributed by atoms with Gasteiger partial charge in [0.2, 0.25) is 0 Å². The highest BCUT2D eigenvalue weighted by Gasteiger charge is 2.34. The number of ether oxygens (including phenoxy) is 6. The van der Waals surface area contributed by atoms with Crippen LogP contribution in [0, 0.1) is 11.6 Å². The van der Waals surface area contributed by atoms with Crippen molar-refractivity contribution in [2.24, 2.45) is 0 Å². The summed E-state index contributed by atoms with van der Waals surface area (Å²) in [4.78, 5) is 0. The minimum Gasteiger partial charge on any atom is -0.493 e. The van der Waals surface area contributed by atoms with Crippen molar-refractivity contribution in [2.45, 2.75) is 44.3 Å². The Hall–Kier alpha value is -2.90. The molecule has 2 aromatic rings. The number of hydrogen-bond acceptors (Lipinski definition) is 6. The molecule has 0 saturated heterocycles. The molecule has 31 heavy (non-hydrogen) atoms. The van der Waals surface area contributed by atoms with Gasteiger partial charge in [-0.05, 0) is 19.3 Å². The van der Waals surface area contributed by atoms with Crippen molar-refractivity contribution >= 4 is 0 Å². The molecule has 0 amide bonds. The smallest absolute Gasteiger partial charge is 0.169 e. The molecule has 0 radical (unpaired) electrons. The van der Waals surface area contributed by atoms with Gasteiger partial charge in [0.15, 0.2) is 46.1 Å². The normalized spacial score (nSPS) is 19.8. The molecule has 2 aliphatic rings. The predicted octanol–water partition coefficient (Wildman–Crippen LogP) is 4.48. The van der Waals surface area contributed by atoms with E-state index >= 15 is 8.78 Å². The molecular weight excluding hydrogens is 410 g/mol. The summed E-state index contributed by atoms with van der Waals surface area (Å²) in [5.41, 5.74) is 1.03. The number of halogens is 2. The molecule has 8 heteroatoms. The van der Waals surface area contributed by atoms with Crippen molar-refractivity contribution < 1.29 is 37.2 Å². The Kier molecular flexibility index (Phi) is 5.98. The minimum atomic E-state index is -0.539. The minimum absolute atomic E-state index is 0.115. The Morgan fingerprint density at radius 2 is 1.13 bits per heavy atom. The molecular formula is C23H26F2O6. The van der Waals surface area contributed by atoms with Gasteiger partial charge in [0.1, 0.15) is 12.2 Å². The lowest BCUT2D eigenvalue weighted by Crippen LogP contribution is -2.24. The third-order valence-corrected chi connectivity index (χ3v) is 5.83. The number of rotatable bonds is 4. The Morgan fingerprint density at radius 3 is 1.48 bits per heavy atom. The van der Waals surface area contributed by atoms with Crippen LogP contribution in [0.5, 0.6) is 34.5 Å². The summed E-state index contributed by atoms with van der Waals surface area (Å²) in [5.74, 6) is 0.473. The van der Waals surface area contributed by atoms with Crippen LogP contribution in [0.3, 0.4) is 0 Å². The zero-order valence-electron chi connectivity index (χ0n) is 18.1. The highest BCUT2D eigenvalue weighted by molar-refractivity contribution is 5.57. The molecule has 0 aromatic heterocycles. The third kappa shape index (κ3) is 3.79. The highest BCUT2D eigenvalue weighted by atomic mass is 19.1. The molecule has 0 aliphatic carbocycles. The maximum Gasteiger partial charge on any atom is 0.169 e. The fourth-order valence-corrected chi connectivity index (χ4v) is 4.43. The number of benzene rings is 2. The van der Waals surface area contributed by atoms with E-state index in [0.29, 0.717) is 35.5 Å². The molecule has 0 fully saturated rings. The second-order valence-corrected chi connectivity index (χ2v) is 7.62. The molecule has 2 heterocycles. The zero-order valence-corrected chi connectivity index (χ0v) is 18.1. The van der Waals surface area contributed by atoms with E-state index in [1.807, 2.05) is 0 Å².